The minimum Gasteiger partial charge on any atom is -0.340 e. The fourth-order valence-electron chi connectivity index (χ4n) is 1.59. The molecule has 0 bridgehead atoms. The second-order valence-electron chi connectivity index (χ2n) is 4.74. The van der Waals surface area contributed by atoms with Gasteiger partial charge in [-0.1, -0.05) is 37.0 Å². The fraction of sp³-hybridized carbons (Fsp3) is 0.462. The number of carbonyl (C=O) groups excluding carboxylic acids is 1. The van der Waals surface area contributed by atoms with Crippen molar-refractivity contribution in [2.75, 3.05) is 7.05 Å². The molecule has 1 aromatic rings. The molecule has 0 aliphatic carbocycles. The largest absolute Gasteiger partial charge is 0.340 e. The SMILES string of the molecule is CC(C)[C@H](N)C(=O)N(C)Cc1cc(Cl)cc(Cl)c1. The van der Waals surface area contributed by atoms with Crippen LogP contribution in [0.2, 0.25) is 10.0 Å². The Bertz CT molecular complexity index is 415. The smallest absolute Gasteiger partial charge is 0.239 e. The van der Waals surface area contributed by atoms with Gasteiger partial charge in [0.25, 0.3) is 0 Å². The van der Waals surface area contributed by atoms with E-state index >= 15 is 0 Å². The van der Waals surface area contributed by atoms with Gasteiger partial charge in [-0.2, -0.15) is 0 Å². The van der Waals surface area contributed by atoms with Crippen molar-refractivity contribution in [2.45, 2.75) is 26.4 Å². The summed E-state index contributed by atoms with van der Waals surface area (Å²) in [7, 11) is 1.72. The maximum Gasteiger partial charge on any atom is 0.239 e. The molecule has 1 amide bonds. The van der Waals surface area contributed by atoms with E-state index in [0.29, 0.717) is 16.6 Å². The van der Waals surface area contributed by atoms with E-state index in [0.717, 1.165) is 5.56 Å². The monoisotopic (exact) mass is 288 g/mol. The van der Waals surface area contributed by atoms with Crippen molar-refractivity contribution in [3.8, 4) is 0 Å². The minimum atomic E-state index is -0.482. The molecule has 0 radical (unpaired) electrons. The van der Waals surface area contributed by atoms with Crippen LogP contribution in [-0.2, 0) is 11.3 Å². The van der Waals surface area contributed by atoms with Gasteiger partial charge in [-0.3, -0.25) is 4.79 Å². The summed E-state index contributed by atoms with van der Waals surface area (Å²) >= 11 is 11.8. The molecule has 3 nitrogen and oxygen atoms in total. The molecule has 1 atom stereocenters. The molecule has 18 heavy (non-hydrogen) atoms. The van der Waals surface area contributed by atoms with E-state index in [2.05, 4.69) is 0 Å². The molecule has 0 aliphatic rings. The second kappa shape index (κ2) is 6.41. The highest BCUT2D eigenvalue weighted by molar-refractivity contribution is 6.34. The van der Waals surface area contributed by atoms with Crippen LogP contribution in [0.5, 0.6) is 0 Å². The fourth-order valence-corrected chi connectivity index (χ4v) is 2.16. The van der Waals surface area contributed by atoms with Crippen molar-refractivity contribution in [1.29, 1.82) is 0 Å². The van der Waals surface area contributed by atoms with Crippen LogP contribution in [0.15, 0.2) is 18.2 Å². The topological polar surface area (TPSA) is 46.3 Å². The van der Waals surface area contributed by atoms with E-state index < -0.39 is 6.04 Å². The summed E-state index contributed by atoms with van der Waals surface area (Å²) < 4.78 is 0. The van der Waals surface area contributed by atoms with Gasteiger partial charge < -0.3 is 10.6 Å². The first-order valence-electron chi connectivity index (χ1n) is 5.76. The number of hydrogen-bond donors (Lipinski definition) is 1. The quantitative estimate of drug-likeness (QED) is 0.926. The molecule has 0 aromatic heterocycles. The van der Waals surface area contributed by atoms with Crippen LogP contribution in [0.25, 0.3) is 0 Å². The zero-order valence-corrected chi connectivity index (χ0v) is 12.3. The predicted molar refractivity (Wildman–Crippen MR) is 75.7 cm³/mol. The Balaban J connectivity index is 2.75. The van der Waals surface area contributed by atoms with Crippen LogP contribution >= 0.6 is 23.2 Å². The minimum absolute atomic E-state index is 0.0823. The summed E-state index contributed by atoms with van der Waals surface area (Å²) in [5.74, 6) is 0.0315. The molecule has 1 aromatic carbocycles. The Morgan fingerprint density at radius 1 is 1.28 bits per heavy atom. The molecule has 0 aliphatic heterocycles. The van der Waals surface area contributed by atoms with Crippen molar-refractivity contribution >= 4 is 29.1 Å². The Hall–Kier alpha value is -0.770. The van der Waals surface area contributed by atoms with Crippen molar-refractivity contribution in [3.05, 3.63) is 33.8 Å². The number of rotatable bonds is 4. The summed E-state index contributed by atoms with van der Waals surface area (Å²) in [6.45, 7) is 4.29. The van der Waals surface area contributed by atoms with Gasteiger partial charge in [0.05, 0.1) is 6.04 Å². The summed E-state index contributed by atoms with van der Waals surface area (Å²) in [4.78, 5) is 13.6. The number of amides is 1. The summed E-state index contributed by atoms with van der Waals surface area (Å²) in [5, 5.41) is 1.12. The third-order valence-electron chi connectivity index (χ3n) is 2.72. The summed E-state index contributed by atoms with van der Waals surface area (Å²) in [5.41, 5.74) is 6.72. The van der Waals surface area contributed by atoms with Gasteiger partial charge in [-0.15, -0.1) is 0 Å². The summed E-state index contributed by atoms with van der Waals surface area (Å²) in [6, 6.07) is 4.76. The van der Waals surface area contributed by atoms with Crippen LogP contribution in [0.4, 0.5) is 0 Å². The van der Waals surface area contributed by atoms with Crippen LogP contribution in [0.3, 0.4) is 0 Å². The molecule has 0 unspecified atom stereocenters. The van der Waals surface area contributed by atoms with E-state index in [1.165, 1.54) is 0 Å². The number of nitrogens with two attached hydrogens (primary N) is 1. The number of halogens is 2. The summed E-state index contributed by atoms with van der Waals surface area (Å²) in [6.07, 6.45) is 0. The van der Waals surface area contributed by atoms with Gasteiger partial charge in [-0.05, 0) is 29.7 Å². The van der Waals surface area contributed by atoms with Gasteiger partial charge in [0.2, 0.25) is 5.91 Å². The number of likely N-dealkylation sites (N-methyl/N-ethyl adjacent to an activating group) is 1. The molecular weight excluding hydrogens is 271 g/mol. The molecular formula is C13H18Cl2N2O. The lowest BCUT2D eigenvalue weighted by Crippen LogP contribution is -2.44. The zero-order valence-electron chi connectivity index (χ0n) is 10.8. The molecule has 100 valence electrons. The normalized spacial score (nSPS) is 12.6. The molecule has 0 saturated heterocycles. The first kappa shape index (κ1) is 15.3. The number of nitrogens with zero attached hydrogens (tertiary/aromatic N) is 1. The Morgan fingerprint density at radius 3 is 2.22 bits per heavy atom. The van der Waals surface area contributed by atoms with Crippen molar-refractivity contribution < 1.29 is 4.79 Å². The lowest BCUT2D eigenvalue weighted by molar-refractivity contribution is -0.132. The molecule has 5 heteroatoms. The molecule has 0 saturated carbocycles. The van der Waals surface area contributed by atoms with Gasteiger partial charge in [-0.25, -0.2) is 0 Å². The second-order valence-corrected chi connectivity index (χ2v) is 5.61. The molecule has 0 fully saturated rings. The third kappa shape index (κ3) is 4.16. The average molecular weight is 289 g/mol. The van der Waals surface area contributed by atoms with Gasteiger partial charge in [0.1, 0.15) is 0 Å². The number of hydrogen-bond acceptors (Lipinski definition) is 2. The third-order valence-corrected chi connectivity index (χ3v) is 3.16. The van der Waals surface area contributed by atoms with Crippen molar-refractivity contribution in [2.24, 2.45) is 11.7 Å². The van der Waals surface area contributed by atoms with Crippen LogP contribution < -0.4 is 5.73 Å². The lowest BCUT2D eigenvalue weighted by atomic mass is 10.0. The first-order chi connectivity index (χ1) is 8.31. The van der Waals surface area contributed by atoms with Gasteiger partial charge in [0.15, 0.2) is 0 Å². The highest BCUT2D eigenvalue weighted by Crippen LogP contribution is 2.20. The molecule has 0 heterocycles. The first-order valence-corrected chi connectivity index (χ1v) is 6.52. The highest BCUT2D eigenvalue weighted by atomic mass is 35.5. The molecule has 0 spiro atoms. The Labute approximate surface area is 118 Å². The highest BCUT2D eigenvalue weighted by Gasteiger charge is 2.21. The van der Waals surface area contributed by atoms with Gasteiger partial charge in [0, 0.05) is 23.6 Å². The van der Waals surface area contributed by atoms with Crippen LogP contribution in [-0.4, -0.2) is 23.9 Å². The molecule has 2 N–H and O–H groups in total. The van der Waals surface area contributed by atoms with E-state index in [1.807, 2.05) is 13.8 Å². The van der Waals surface area contributed by atoms with Crippen molar-refractivity contribution in [1.82, 2.24) is 4.90 Å². The van der Waals surface area contributed by atoms with Gasteiger partial charge >= 0.3 is 0 Å². The van der Waals surface area contributed by atoms with Crippen molar-refractivity contribution in [3.63, 3.8) is 0 Å². The zero-order chi connectivity index (χ0) is 13.9. The van der Waals surface area contributed by atoms with E-state index in [4.69, 9.17) is 28.9 Å². The molecule has 1 rings (SSSR count). The number of benzene rings is 1. The van der Waals surface area contributed by atoms with E-state index in [9.17, 15) is 4.79 Å². The van der Waals surface area contributed by atoms with Crippen LogP contribution in [0.1, 0.15) is 19.4 Å². The van der Waals surface area contributed by atoms with E-state index in [1.54, 1.807) is 30.1 Å². The maximum absolute atomic E-state index is 12.0. The van der Waals surface area contributed by atoms with Crippen LogP contribution in [0, 0.1) is 5.92 Å². The lowest BCUT2D eigenvalue weighted by Gasteiger charge is -2.23. The number of carbonyl (C=O) groups is 1. The Morgan fingerprint density at radius 2 is 1.78 bits per heavy atom. The van der Waals surface area contributed by atoms with E-state index in [-0.39, 0.29) is 11.8 Å². The predicted octanol–water partition coefficient (Wildman–Crippen LogP) is 2.94. The maximum atomic E-state index is 12.0. The Kier molecular flexibility index (Phi) is 5.45. The average Bonchev–Trinajstić information content (AvgIpc) is 2.25. The standard InChI is InChI=1S/C13H18Cl2N2O/c1-8(2)12(16)13(18)17(3)7-9-4-10(14)6-11(15)5-9/h4-6,8,12H,7,16H2,1-3H3/t12-/m0/s1.